The van der Waals surface area contributed by atoms with Gasteiger partial charge in [-0.15, -0.1) is 0 Å². The summed E-state index contributed by atoms with van der Waals surface area (Å²) >= 11 is 0. The Morgan fingerprint density at radius 3 is 1.26 bits per heavy atom. The zero-order chi connectivity index (χ0) is 41.9. The molecule has 8 rings (SSSR count). The minimum atomic E-state index is -0.144. The average molecular weight is 803 g/mol. The number of fused-ring (bicyclic) bond motifs is 10. The first-order valence-electron chi connectivity index (χ1n) is 25.6. The second kappa shape index (κ2) is 17.5. The number of nitrogens with two attached hydrogens (primary N) is 2. The summed E-state index contributed by atoms with van der Waals surface area (Å²) in [5.74, 6) is 9.54. The van der Waals surface area contributed by atoms with Gasteiger partial charge in [0.05, 0.1) is 12.2 Å². The molecule has 0 amide bonds. The Bertz CT molecular complexity index is 1360. The topological polar surface area (TPSA) is 92.5 Å². The summed E-state index contributed by atoms with van der Waals surface area (Å²) in [6, 6.07) is 0.404. The highest BCUT2D eigenvalue weighted by Gasteiger charge is 2.62. The van der Waals surface area contributed by atoms with E-state index in [4.69, 9.17) is 11.5 Å². The van der Waals surface area contributed by atoms with Gasteiger partial charge in [0.1, 0.15) is 0 Å². The van der Waals surface area contributed by atoms with Crippen LogP contribution in [0.5, 0.6) is 0 Å². The Balaban J connectivity index is 0.000000177. The molecule has 6 N–H and O–H groups in total. The number of aliphatic hydroxyl groups is 2. The van der Waals surface area contributed by atoms with Crippen molar-refractivity contribution in [3.63, 3.8) is 0 Å². The average Bonchev–Trinajstić information content (AvgIpc) is 3.70. The molecule has 13 unspecified atom stereocenters. The number of hydrogen-bond acceptors (Lipinski definition) is 4. The summed E-state index contributed by atoms with van der Waals surface area (Å²) in [7, 11) is 0. The van der Waals surface area contributed by atoms with Crippen LogP contribution in [-0.2, 0) is 0 Å². The number of rotatable bonds is 10. The van der Waals surface area contributed by atoms with Gasteiger partial charge in [-0.25, -0.2) is 0 Å². The minimum Gasteiger partial charge on any atom is -0.393 e. The number of aliphatic hydroxyl groups excluding tert-OH is 2. The van der Waals surface area contributed by atoms with E-state index in [-0.39, 0.29) is 24.3 Å². The summed E-state index contributed by atoms with van der Waals surface area (Å²) in [6.07, 6.45) is 30.0. The lowest BCUT2D eigenvalue weighted by Gasteiger charge is -2.60. The van der Waals surface area contributed by atoms with Crippen LogP contribution in [0.2, 0.25) is 0 Å². The molecule has 4 heteroatoms. The molecular weight excluding hydrogens is 709 g/mol. The maximum absolute atomic E-state index is 10.3. The molecule has 0 aromatic rings. The molecule has 18 atom stereocenters. The second-order valence-electron chi connectivity index (χ2n) is 24.8. The van der Waals surface area contributed by atoms with Gasteiger partial charge in [0, 0.05) is 12.1 Å². The van der Waals surface area contributed by atoms with E-state index in [1.54, 1.807) is 0 Å². The highest BCUT2D eigenvalue weighted by Crippen LogP contribution is 2.69. The van der Waals surface area contributed by atoms with Crippen molar-refractivity contribution in [2.75, 3.05) is 0 Å². The quantitative estimate of drug-likeness (QED) is 0.166. The van der Waals surface area contributed by atoms with Gasteiger partial charge in [-0.3, -0.25) is 0 Å². The Morgan fingerprint density at radius 1 is 0.517 bits per heavy atom. The van der Waals surface area contributed by atoms with E-state index in [1.807, 2.05) is 0 Å². The lowest BCUT2D eigenvalue weighted by Crippen LogP contribution is -2.56. The molecule has 58 heavy (non-hydrogen) atoms. The summed E-state index contributed by atoms with van der Waals surface area (Å²) in [5, 5.41) is 20.5. The maximum atomic E-state index is 10.3. The SMILES string of the molecule is CC(C)CCC[C@@H](C)C1CCC2C3C(CCC21C)C1(C)CCC(O)CC1=C[C@@H]3N.CC(C)CCC[C@@H](C)C1CCC2C3C(CCC21C)C1(C)CC[C@H](O)CC1=C[C@H]3N. The molecule has 0 spiro atoms. The molecule has 0 radical (unpaired) electrons. The van der Waals surface area contributed by atoms with Crippen LogP contribution < -0.4 is 11.5 Å². The zero-order valence-electron chi connectivity index (χ0n) is 39.6. The second-order valence-corrected chi connectivity index (χ2v) is 24.8. The van der Waals surface area contributed by atoms with Gasteiger partial charge in [0.2, 0.25) is 0 Å². The fourth-order valence-corrected chi connectivity index (χ4v) is 17.5. The highest BCUT2D eigenvalue weighted by atomic mass is 16.3. The van der Waals surface area contributed by atoms with E-state index in [9.17, 15) is 10.2 Å². The van der Waals surface area contributed by atoms with Crippen LogP contribution in [-0.4, -0.2) is 34.5 Å². The zero-order valence-corrected chi connectivity index (χ0v) is 39.6. The smallest absolute Gasteiger partial charge is 0.0577 e. The molecule has 0 aromatic heterocycles. The van der Waals surface area contributed by atoms with E-state index in [0.717, 1.165) is 97.7 Å². The van der Waals surface area contributed by atoms with Gasteiger partial charge in [0.25, 0.3) is 0 Å². The van der Waals surface area contributed by atoms with Gasteiger partial charge in [-0.05, 0) is 183 Å². The van der Waals surface area contributed by atoms with Gasteiger partial charge >= 0.3 is 0 Å². The predicted octanol–water partition coefficient (Wildman–Crippen LogP) is 12.7. The van der Waals surface area contributed by atoms with Crippen LogP contribution >= 0.6 is 0 Å². The molecule has 4 nitrogen and oxygen atoms in total. The Labute approximate surface area is 358 Å². The first-order chi connectivity index (χ1) is 27.3. The van der Waals surface area contributed by atoms with E-state index < -0.39 is 0 Å². The molecule has 0 heterocycles. The van der Waals surface area contributed by atoms with Crippen LogP contribution in [0.3, 0.4) is 0 Å². The summed E-state index contributed by atoms with van der Waals surface area (Å²) in [5.41, 5.74) is 18.3. The first kappa shape index (κ1) is 45.3. The van der Waals surface area contributed by atoms with Gasteiger partial charge < -0.3 is 21.7 Å². The molecule has 332 valence electrons. The molecule has 8 aliphatic carbocycles. The molecule has 0 aromatic carbocycles. The van der Waals surface area contributed by atoms with Crippen LogP contribution in [0.4, 0.5) is 0 Å². The third-order valence-corrected chi connectivity index (χ3v) is 20.8. The summed E-state index contributed by atoms with van der Waals surface area (Å²) < 4.78 is 0. The maximum Gasteiger partial charge on any atom is 0.0577 e. The molecule has 0 aliphatic heterocycles. The van der Waals surface area contributed by atoms with Gasteiger partial charge in [0.15, 0.2) is 0 Å². The standard InChI is InChI=1S/2C27H47NO/c2*1-17(2)7-6-8-18(3)21-9-10-22-25-23(12-14-27(21,22)5)26(4)13-11-20(29)15-19(26)16-24(25)28/h2*16-18,20-25,29H,6-15,28H2,1-5H3/t18-,20?,21?,22?,23?,24+,25?,26?,27?;18-,20+,21?,22?,23?,24-,25?,26?,27?/m11/s1. The molecule has 6 saturated carbocycles. The van der Waals surface area contributed by atoms with E-state index in [0.29, 0.717) is 33.5 Å². The molecule has 8 aliphatic rings. The third-order valence-electron chi connectivity index (χ3n) is 20.8. The molecular formula is C54H94N2O2. The van der Waals surface area contributed by atoms with E-state index in [2.05, 4.69) is 81.4 Å². The third kappa shape index (κ3) is 8.17. The van der Waals surface area contributed by atoms with Crippen LogP contribution in [0, 0.1) is 92.7 Å². The monoisotopic (exact) mass is 803 g/mol. The fourth-order valence-electron chi connectivity index (χ4n) is 17.5. The Hall–Kier alpha value is -0.680. The van der Waals surface area contributed by atoms with Crippen molar-refractivity contribution in [1.29, 1.82) is 0 Å². The van der Waals surface area contributed by atoms with Crippen molar-refractivity contribution in [1.82, 2.24) is 0 Å². The van der Waals surface area contributed by atoms with Crippen LogP contribution in [0.25, 0.3) is 0 Å². The van der Waals surface area contributed by atoms with Crippen LogP contribution in [0.1, 0.15) is 198 Å². The van der Waals surface area contributed by atoms with E-state index in [1.165, 1.54) is 101 Å². The molecule has 0 saturated heterocycles. The Kier molecular flexibility index (Phi) is 13.7. The summed E-state index contributed by atoms with van der Waals surface area (Å²) in [4.78, 5) is 0. The van der Waals surface area contributed by atoms with Gasteiger partial charge in [-0.1, -0.05) is 131 Å². The lowest BCUT2D eigenvalue weighted by molar-refractivity contribution is -0.0632. The van der Waals surface area contributed by atoms with Crippen LogP contribution in [0.15, 0.2) is 23.3 Å². The van der Waals surface area contributed by atoms with Crippen molar-refractivity contribution < 1.29 is 10.2 Å². The van der Waals surface area contributed by atoms with Crippen molar-refractivity contribution >= 4 is 0 Å². The lowest BCUT2D eigenvalue weighted by atomic mass is 9.46. The summed E-state index contributed by atoms with van der Waals surface area (Å²) in [6.45, 7) is 24.8. The number of hydrogen-bond donors (Lipinski definition) is 4. The van der Waals surface area contributed by atoms with E-state index >= 15 is 0 Å². The normalized spacial score (nSPS) is 47.9. The Morgan fingerprint density at radius 2 is 0.897 bits per heavy atom. The van der Waals surface area contributed by atoms with Crippen molar-refractivity contribution in [3.8, 4) is 0 Å². The van der Waals surface area contributed by atoms with Gasteiger partial charge in [-0.2, -0.15) is 0 Å². The molecule has 6 fully saturated rings. The van der Waals surface area contributed by atoms with Crippen molar-refractivity contribution in [2.45, 2.75) is 222 Å². The predicted molar refractivity (Wildman–Crippen MR) is 245 cm³/mol. The minimum absolute atomic E-state index is 0.144. The highest BCUT2D eigenvalue weighted by molar-refractivity contribution is 5.30. The van der Waals surface area contributed by atoms with Crippen molar-refractivity contribution in [3.05, 3.63) is 23.3 Å². The van der Waals surface area contributed by atoms with Crippen molar-refractivity contribution in [2.24, 2.45) is 104 Å². The largest absolute Gasteiger partial charge is 0.393 e. The first-order valence-corrected chi connectivity index (χ1v) is 25.6. The fraction of sp³-hybridized carbons (Fsp3) is 0.926. The molecule has 0 bridgehead atoms.